The van der Waals surface area contributed by atoms with Crippen LogP contribution in [0, 0.1) is 0 Å². The number of hydrogen-bond donors (Lipinski definition) is 3. The Labute approximate surface area is 82.6 Å². The van der Waals surface area contributed by atoms with E-state index in [9.17, 15) is 5.11 Å². The minimum Gasteiger partial charge on any atom is -0.506 e. The first-order valence-corrected chi connectivity index (χ1v) is 4.72. The van der Waals surface area contributed by atoms with Crippen LogP contribution in [-0.2, 0) is 6.42 Å². The Bertz CT molecular complexity index is 445. The van der Waals surface area contributed by atoms with E-state index >= 15 is 0 Å². The van der Waals surface area contributed by atoms with E-state index in [4.69, 9.17) is 5.73 Å². The van der Waals surface area contributed by atoms with Crippen molar-refractivity contribution in [3.63, 3.8) is 0 Å². The van der Waals surface area contributed by atoms with E-state index in [1.807, 2.05) is 25.3 Å². The molecule has 74 valence electrons. The Morgan fingerprint density at radius 2 is 2.29 bits per heavy atom. The first-order chi connectivity index (χ1) is 6.68. The molecule has 4 N–H and O–H groups in total. The minimum absolute atomic E-state index is 0.136. The summed E-state index contributed by atoms with van der Waals surface area (Å²) in [5, 5.41) is 10.6. The van der Waals surface area contributed by atoms with Crippen LogP contribution in [0.4, 0.5) is 0 Å². The van der Waals surface area contributed by atoms with Gasteiger partial charge in [0.2, 0.25) is 0 Å². The van der Waals surface area contributed by atoms with Crippen molar-refractivity contribution in [2.24, 2.45) is 5.73 Å². The number of H-pyrrole nitrogens is 1. The summed E-state index contributed by atoms with van der Waals surface area (Å²) >= 11 is 0. The molecule has 14 heavy (non-hydrogen) atoms. The zero-order chi connectivity index (χ0) is 10.1. The average Bonchev–Trinajstić information content (AvgIpc) is 2.49. The molecule has 0 spiro atoms. The maximum absolute atomic E-state index is 9.56. The van der Waals surface area contributed by atoms with Crippen molar-refractivity contribution < 1.29 is 5.11 Å². The second-order valence-electron chi connectivity index (χ2n) is 3.70. The molecular weight excluding hydrogens is 176 g/mol. The highest BCUT2D eigenvalue weighted by atomic mass is 16.3. The van der Waals surface area contributed by atoms with Crippen LogP contribution in [0.2, 0.25) is 0 Å². The van der Waals surface area contributed by atoms with Crippen molar-refractivity contribution in [1.29, 1.82) is 0 Å². The van der Waals surface area contributed by atoms with Gasteiger partial charge < -0.3 is 15.8 Å². The normalized spacial score (nSPS) is 13.3. The van der Waals surface area contributed by atoms with E-state index in [0.717, 1.165) is 22.9 Å². The Balaban J connectivity index is 2.52. The van der Waals surface area contributed by atoms with Gasteiger partial charge in [0.25, 0.3) is 0 Å². The summed E-state index contributed by atoms with van der Waals surface area (Å²) in [4.78, 5) is 3.06. The molecule has 0 saturated heterocycles. The van der Waals surface area contributed by atoms with Gasteiger partial charge in [-0.05, 0) is 25.0 Å². The first kappa shape index (κ1) is 9.09. The van der Waals surface area contributed by atoms with Crippen molar-refractivity contribution >= 4 is 10.9 Å². The smallest absolute Gasteiger partial charge is 0.139 e. The van der Waals surface area contributed by atoms with Gasteiger partial charge in [-0.2, -0.15) is 0 Å². The van der Waals surface area contributed by atoms with Crippen LogP contribution in [0.3, 0.4) is 0 Å². The molecule has 0 aliphatic heterocycles. The molecule has 0 aliphatic rings. The SMILES string of the molecule is CC(N)Cc1c[nH]c2c(O)cccc12. The lowest BCUT2D eigenvalue weighted by Gasteiger charge is -2.02. The fourth-order valence-electron chi connectivity index (χ4n) is 1.71. The molecule has 1 atom stereocenters. The molecule has 0 aliphatic carbocycles. The lowest BCUT2D eigenvalue weighted by molar-refractivity contribution is 0.480. The summed E-state index contributed by atoms with van der Waals surface area (Å²) in [6.07, 6.45) is 2.73. The van der Waals surface area contributed by atoms with Crippen molar-refractivity contribution in [2.45, 2.75) is 19.4 Å². The number of benzene rings is 1. The van der Waals surface area contributed by atoms with Crippen LogP contribution in [-0.4, -0.2) is 16.1 Å². The summed E-state index contributed by atoms with van der Waals surface area (Å²) in [5.74, 6) is 0.290. The molecular formula is C11H14N2O. The molecule has 3 heteroatoms. The highest BCUT2D eigenvalue weighted by molar-refractivity contribution is 5.88. The third-order valence-electron chi connectivity index (χ3n) is 2.32. The van der Waals surface area contributed by atoms with Gasteiger partial charge in [-0.3, -0.25) is 0 Å². The zero-order valence-corrected chi connectivity index (χ0v) is 8.12. The lowest BCUT2D eigenvalue weighted by atomic mass is 10.1. The summed E-state index contributed by atoms with van der Waals surface area (Å²) in [5.41, 5.74) is 7.69. The zero-order valence-electron chi connectivity index (χ0n) is 8.12. The Hall–Kier alpha value is -1.48. The number of aromatic nitrogens is 1. The van der Waals surface area contributed by atoms with Crippen LogP contribution in [0.1, 0.15) is 12.5 Å². The molecule has 0 bridgehead atoms. The second kappa shape index (κ2) is 3.35. The van der Waals surface area contributed by atoms with E-state index in [1.54, 1.807) is 6.07 Å². The maximum atomic E-state index is 9.56. The van der Waals surface area contributed by atoms with Crippen molar-refractivity contribution in [1.82, 2.24) is 4.98 Å². The number of aromatic amines is 1. The second-order valence-corrected chi connectivity index (χ2v) is 3.70. The van der Waals surface area contributed by atoms with E-state index < -0.39 is 0 Å². The van der Waals surface area contributed by atoms with Crippen LogP contribution in [0.5, 0.6) is 5.75 Å². The standard InChI is InChI=1S/C11H14N2O/c1-7(12)5-8-6-13-11-9(8)3-2-4-10(11)14/h2-4,6-7,13-14H,5,12H2,1H3. The number of phenolic OH excluding ortho intramolecular Hbond substituents is 1. The molecule has 0 saturated carbocycles. The fourth-order valence-corrected chi connectivity index (χ4v) is 1.71. The highest BCUT2D eigenvalue weighted by Crippen LogP contribution is 2.26. The minimum atomic E-state index is 0.136. The summed E-state index contributed by atoms with van der Waals surface area (Å²) in [6.45, 7) is 1.97. The van der Waals surface area contributed by atoms with Crippen molar-refractivity contribution in [3.05, 3.63) is 30.0 Å². The van der Waals surface area contributed by atoms with Gasteiger partial charge in [-0.25, -0.2) is 0 Å². The quantitative estimate of drug-likeness (QED) is 0.675. The van der Waals surface area contributed by atoms with Crippen LogP contribution in [0.25, 0.3) is 10.9 Å². The van der Waals surface area contributed by atoms with E-state index in [1.165, 1.54) is 0 Å². The van der Waals surface area contributed by atoms with E-state index in [2.05, 4.69) is 4.98 Å². The predicted octanol–water partition coefficient (Wildman–Crippen LogP) is 1.76. The Kier molecular flexibility index (Phi) is 2.17. The average molecular weight is 190 g/mol. The summed E-state index contributed by atoms with van der Waals surface area (Å²) in [6, 6.07) is 5.64. The van der Waals surface area contributed by atoms with Gasteiger partial charge in [0.1, 0.15) is 5.75 Å². The number of para-hydroxylation sites is 1. The maximum Gasteiger partial charge on any atom is 0.139 e. The Morgan fingerprint density at radius 3 is 3.00 bits per heavy atom. The number of rotatable bonds is 2. The van der Waals surface area contributed by atoms with Gasteiger partial charge in [0, 0.05) is 17.6 Å². The lowest BCUT2D eigenvalue weighted by Crippen LogP contribution is -2.17. The molecule has 2 rings (SSSR count). The number of hydrogen-bond acceptors (Lipinski definition) is 2. The molecule has 0 radical (unpaired) electrons. The summed E-state index contributed by atoms with van der Waals surface area (Å²) < 4.78 is 0. The van der Waals surface area contributed by atoms with Crippen LogP contribution in [0.15, 0.2) is 24.4 Å². The van der Waals surface area contributed by atoms with Gasteiger partial charge in [0.05, 0.1) is 5.52 Å². The van der Waals surface area contributed by atoms with Crippen molar-refractivity contribution in [2.75, 3.05) is 0 Å². The Morgan fingerprint density at radius 1 is 1.50 bits per heavy atom. The van der Waals surface area contributed by atoms with Crippen molar-refractivity contribution in [3.8, 4) is 5.75 Å². The molecule has 3 nitrogen and oxygen atoms in total. The van der Waals surface area contributed by atoms with Crippen LogP contribution >= 0.6 is 0 Å². The first-order valence-electron chi connectivity index (χ1n) is 4.72. The third-order valence-corrected chi connectivity index (χ3v) is 2.32. The molecule has 2 aromatic rings. The monoisotopic (exact) mass is 190 g/mol. The molecule has 0 amide bonds. The molecule has 1 heterocycles. The fraction of sp³-hybridized carbons (Fsp3) is 0.273. The van der Waals surface area contributed by atoms with Gasteiger partial charge in [0.15, 0.2) is 0 Å². The van der Waals surface area contributed by atoms with E-state index in [0.29, 0.717) is 5.75 Å². The highest BCUT2D eigenvalue weighted by Gasteiger charge is 2.07. The topological polar surface area (TPSA) is 62.0 Å². The van der Waals surface area contributed by atoms with Gasteiger partial charge in [-0.15, -0.1) is 0 Å². The van der Waals surface area contributed by atoms with Gasteiger partial charge >= 0.3 is 0 Å². The molecule has 1 unspecified atom stereocenters. The van der Waals surface area contributed by atoms with E-state index in [-0.39, 0.29) is 6.04 Å². The van der Waals surface area contributed by atoms with Gasteiger partial charge in [-0.1, -0.05) is 12.1 Å². The number of nitrogens with one attached hydrogen (secondary N) is 1. The molecule has 0 fully saturated rings. The number of phenols is 1. The molecule has 1 aromatic carbocycles. The van der Waals surface area contributed by atoms with Crippen LogP contribution < -0.4 is 5.73 Å². The number of aromatic hydroxyl groups is 1. The largest absolute Gasteiger partial charge is 0.506 e. The predicted molar refractivity (Wildman–Crippen MR) is 57.3 cm³/mol. The number of fused-ring (bicyclic) bond motifs is 1. The third kappa shape index (κ3) is 1.46. The summed E-state index contributed by atoms with van der Waals surface area (Å²) in [7, 11) is 0. The molecule has 1 aromatic heterocycles. The number of nitrogens with two attached hydrogens (primary N) is 1.